The molecule has 1 heterocycles. The van der Waals surface area contributed by atoms with Crippen LogP contribution in [0.15, 0.2) is 42.5 Å². The first-order valence-electron chi connectivity index (χ1n) is 8.59. The Morgan fingerprint density at radius 3 is 2.64 bits per heavy atom. The van der Waals surface area contributed by atoms with Crippen LogP contribution >= 0.6 is 0 Å². The molecule has 1 aliphatic rings. The predicted octanol–water partition coefficient (Wildman–Crippen LogP) is 4.04. The molecule has 132 valence electrons. The molecule has 1 N–H and O–H groups in total. The summed E-state index contributed by atoms with van der Waals surface area (Å²) in [5.74, 6) is 1.92. The number of benzene rings is 2. The Balaban J connectivity index is 1.78. The van der Waals surface area contributed by atoms with Crippen LogP contribution in [0.25, 0.3) is 0 Å². The number of rotatable bonds is 6. The van der Waals surface area contributed by atoms with Crippen molar-refractivity contribution in [1.82, 2.24) is 4.90 Å². The fraction of sp³-hybridized carbons (Fsp3) is 0.350. The van der Waals surface area contributed by atoms with Crippen molar-refractivity contribution in [2.75, 3.05) is 25.5 Å². The summed E-state index contributed by atoms with van der Waals surface area (Å²) in [6, 6.07) is 13.4. The highest BCUT2D eigenvalue weighted by atomic mass is 16.5. The second-order valence-corrected chi connectivity index (χ2v) is 6.28. The molecule has 0 aliphatic carbocycles. The van der Waals surface area contributed by atoms with Gasteiger partial charge in [-0.05, 0) is 55.8 Å². The van der Waals surface area contributed by atoms with E-state index < -0.39 is 0 Å². The lowest BCUT2D eigenvalue weighted by molar-refractivity contribution is -0.114. The van der Waals surface area contributed by atoms with Gasteiger partial charge in [0.15, 0.2) is 11.5 Å². The summed E-state index contributed by atoms with van der Waals surface area (Å²) in [7, 11) is 1.63. The van der Waals surface area contributed by atoms with E-state index in [0.29, 0.717) is 22.9 Å². The van der Waals surface area contributed by atoms with Gasteiger partial charge in [0, 0.05) is 25.2 Å². The zero-order valence-corrected chi connectivity index (χ0v) is 14.7. The molecule has 2 aromatic carbocycles. The molecule has 5 heteroatoms. The van der Waals surface area contributed by atoms with Crippen LogP contribution in [0.4, 0.5) is 5.69 Å². The van der Waals surface area contributed by atoms with E-state index in [2.05, 4.69) is 16.3 Å². The van der Waals surface area contributed by atoms with Crippen molar-refractivity contribution in [3.8, 4) is 17.2 Å². The summed E-state index contributed by atoms with van der Waals surface area (Å²) < 4.78 is 11.5. The first-order chi connectivity index (χ1) is 12.1. The first-order valence-corrected chi connectivity index (χ1v) is 8.59. The van der Waals surface area contributed by atoms with E-state index >= 15 is 0 Å². The Hall–Kier alpha value is -2.53. The number of carbonyl (C=O) groups is 1. The monoisotopic (exact) mass is 340 g/mol. The molecule has 0 bridgehead atoms. The van der Waals surface area contributed by atoms with Crippen LogP contribution in [-0.2, 0) is 11.3 Å². The van der Waals surface area contributed by atoms with E-state index in [4.69, 9.17) is 9.47 Å². The molecule has 0 spiro atoms. The van der Waals surface area contributed by atoms with Crippen LogP contribution < -0.4 is 14.8 Å². The zero-order chi connectivity index (χ0) is 17.6. The summed E-state index contributed by atoms with van der Waals surface area (Å²) in [6.45, 7) is 4.71. The van der Waals surface area contributed by atoms with Gasteiger partial charge >= 0.3 is 0 Å². The number of methoxy groups -OCH3 is 1. The molecular formula is C20H24N2O3. The molecule has 1 saturated heterocycles. The summed E-state index contributed by atoms with van der Waals surface area (Å²) in [5, 5.41) is 2.76. The molecule has 0 atom stereocenters. The standard InChI is InChI=1S/C20H24N2O3/c1-15(23)21-17-6-5-7-18(13-17)25-20-12-16(8-9-19(20)24-2)14-22-10-3-4-11-22/h5-9,12-13H,3-4,10-11,14H2,1-2H3,(H,21,23). The van der Waals surface area contributed by atoms with E-state index in [0.717, 1.165) is 19.6 Å². The molecule has 2 aromatic rings. The molecule has 0 unspecified atom stereocenters. The maximum Gasteiger partial charge on any atom is 0.221 e. The maximum absolute atomic E-state index is 11.2. The van der Waals surface area contributed by atoms with Crippen molar-refractivity contribution in [1.29, 1.82) is 0 Å². The number of ether oxygens (including phenoxy) is 2. The number of carbonyl (C=O) groups excluding carboxylic acids is 1. The van der Waals surface area contributed by atoms with Crippen LogP contribution in [0.3, 0.4) is 0 Å². The second-order valence-electron chi connectivity index (χ2n) is 6.28. The van der Waals surface area contributed by atoms with E-state index in [1.807, 2.05) is 30.3 Å². The summed E-state index contributed by atoms with van der Waals surface area (Å²) in [5.41, 5.74) is 1.91. The van der Waals surface area contributed by atoms with Crippen molar-refractivity contribution in [3.63, 3.8) is 0 Å². The SMILES string of the molecule is COc1ccc(CN2CCCC2)cc1Oc1cccc(NC(C)=O)c1. The lowest BCUT2D eigenvalue weighted by atomic mass is 10.2. The van der Waals surface area contributed by atoms with Gasteiger partial charge < -0.3 is 14.8 Å². The average molecular weight is 340 g/mol. The predicted molar refractivity (Wildman–Crippen MR) is 98.3 cm³/mol. The lowest BCUT2D eigenvalue weighted by Crippen LogP contribution is -2.18. The van der Waals surface area contributed by atoms with Gasteiger partial charge in [0.2, 0.25) is 5.91 Å². The number of likely N-dealkylation sites (tertiary alicyclic amines) is 1. The summed E-state index contributed by atoms with van der Waals surface area (Å²) >= 11 is 0. The molecule has 1 fully saturated rings. The molecule has 25 heavy (non-hydrogen) atoms. The Morgan fingerprint density at radius 2 is 1.92 bits per heavy atom. The van der Waals surface area contributed by atoms with Gasteiger partial charge in [0.25, 0.3) is 0 Å². The van der Waals surface area contributed by atoms with Gasteiger partial charge in [-0.1, -0.05) is 12.1 Å². The fourth-order valence-electron chi connectivity index (χ4n) is 3.07. The number of hydrogen-bond donors (Lipinski definition) is 1. The minimum atomic E-state index is -0.109. The van der Waals surface area contributed by atoms with E-state index in [1.165, 1.54) is 25.3 Å². The molecule has 3 rings (SSSR count). The van der Waals surface area contributed by atoms with Crippen molar-refractivity contribution in [2.24, 2.45) is 0 Å². The normalized spacial score (nSPS) is 14.3. The molecule has 0 radical (unpaired) electrons. The van der Waals surface area contributed by atoms with Crippen LogP contribution in [0, 0.1) is 0 Å². The third kappa shape index (κ3) is 4.73. The largest absolute Gasteiger partial charge is 0.493 e. The summed E-state index contributed by atoms with van der Waals surface area (Å²) in [6.07, 6.45) is 2.55. The van der Waals surface area contributed by atoms with Crippen molar-refractivity contribution in [2.45, 2.75) is 26.3 Å². The maximum atomic E-state index is 11.2. The molecule has 1 amide bonds. The van der Waals surface area contributed by atoms with Crippen molar-refractivity contribution in [3.05, 3.63) is 48.0 Å². The first kappa shape index (κ1) is 17.3. The van der Waals surface area contributed by atoms with Crippen molar-refractivity contribution >= 4 is 11.6 Å². The number of anilines is 1. The van der Waals surface area contributed by atoms with Crippen LogP contribution in [0.5, 0.6) is 17.2 Å². The van der Waals surface area contributed by atoms with Gasteiger partial charge in [-0.2, -0.15) is 0 Å². The van der Waals surface area contributed by atoms with Crippen LogP contribution in [-0.4, -0.2) is 31.0 Å². The summed E-state index contributed by atoms with van der Waals surface area (Å²) in [4.78, 5) is 13.7. The number of nitrogens with one attached hydrogen (secondary N) is 1. The van der Waals surface area contributed by atoms with Gasteiger partial charge in [0.05, 0.1) is 7.11 Å². The molecular weight excluding hydrogens is 316 g/mol. The highest BCUT2D eigenvalue weighted by molar-refractivity contribution is 5.88. The van der Waals surface area contributed by atoms with E-state index in [1.54, 1.807) is 13.2 Å². The minimum Gasteiger partial charge on any atom is -0.493 e. The average Bonchev–Trinajstić information content (AvgIpc) is 3.08. The highest BCUT2D eigenvalue weighted by Gasteiger charge is 2.14. The topological polar surface area (TPSA) is 50.8 Å². The molecule has 0 saturated carbocycles. The third-order valence-corrected chi connectivity index (χ3v) is 4.22. The smallest absolute Gasteiger partial charge is 0.221 e. The van der Waals surface area contributed by atoms with Gasteiger partial charge in [0.1, 0.15) is 5.75 Å². The van der Waals surface area contributed by atoms with E-state index in [-0.39, 0.29) is 5.91 Å². The van der Waals surface area contributed by atoms with Crippen LogP contribution in [0.2, 0.25) is 0 Å². The molecule has 1 aliphatic heterocycles. The Kier molecular flexibility index (Phi) is 5.56. The van der Waals surface area contributed by atoms with E-state index in [9.17, 15) is 4.79 Å². The minimum absolute atomic E-state index is 0.109. The zero-order valence-electron chi connectivity index (χ0n) is 14.7. The Bertz CT molecular complexity index is 739. The highest BCUT2D eigenvalue weighted by Crippen LogP contribution is 2.33. The Labute approximate surface area is 148 Å². The van der Waals surface area contributed by atoms with Gasteiger partial charge in [-0.25, -0.2) is 0 Å². The second kappa shape index (κ2) is 8.03. The Morgan fingerprint density at radius 1 is 1.12 bits per heavy atom. The van der Waals surface area contributed by atoms with Crippen LogP contribution in [0.1, 0.15) is 25.3 Å². The number of nitrogens with zero attached hydrogens (tertiary/aromatic N) is 1. The molecule has 5 nitrogen and oxygen atoms in total. The quantitative estimate of drug-likeness (QED) is 0.862. The third-order valence-electron chi connectivity index (χ3n) is 4.22. The molecule has 0 aromatic heterocycles. The number of amides is 1. The lowest BCUT2D eigenvalue weighted by Gasteiger charge is -2.17. The number of hydrogen-bond acceptors (Lipinski definition) is 4. The van der Waals surface area contributed by atoms with Crippen molar-refractivity contribution < 1.29 is 14.3 Å². The fourth-order valence-corrected chi connectivity index (χ4v) is 3.07. The van der Waals surface area contributed by atoms with Gasteiger partial charge in [-0.15, -0.1) is 0 Å². The van der Waals surface area contributed by atoms with Gasteiger partial charge in [-0.3, -0.25) is 9.69 Å².